The largest absolute Gasteiger partial charge is 0.481 e. The van der Waals surface area contributed by atoms with E-state index < -0.39 is 11.9 Å². The van der Waals surface area contributed by atoms with Crippen molar-refractivity contribution in [3.8, 4) is 0 Å². The second-order valence-electron chi connectivity index (χ2n) is 4.46. The van der Waals surface area contributed by atoms with E-state index in [2.05, 4.69) is 36.8 Å². The first-order valence-electron chi connectivity index (χ1n) is 5.76. The monoisotopic (exact) mass is 390 g/mol. The Labute approximate surface area is 127 Å². The fourth-order valence-electron chi connectivity index (χ4n) is 2.26. The van der Waals surface area contributed by atoms with Gasteiger partial charge in [0.05, 0.1) is 10.4 Å². The highest BCUT2D eigenvalue weighted by molar-refractivity contribution is 9.11. The second kappa shape index (κ2) is 5.58. The molecule has 2 atom stereocenters. The molecular weight excluding hydrogens is 380 g/mol. The van der Waals surface area contributed by atoms with Gasteiger partial charge in [-0.15, -0.1) is 0 Å². The molecule has 1 N–H and O–H groups in total. The predicted octanol–water partition coefficient (Wildman–Crippen LogP) is 2.54. The molecule has 0 aromatic carbocycles. The Morgan fingerprint density at radius 3 is 2.68 bits per heavy atom. The maximum absolute atomic E-state index is 12.4. The van der Waals surface area contributed by atoms with Gasteiger partial charge in [-0.3, -0.25) is 9.59 Å². The molecule has 1 amide bonds. The van der Waals surface area contributed by atoms with Crippen molar-refractivity contribution in [1.29, 1.82) is 0 Å². The number of nitrogens with zero attached hydrogens (tertiary/aromatic N) is 2. The molecule has 2 rings (SSSR count). The minimum Gasteiger partial charge on any atom is -0.481 e. The lowest BCUT2D eigenvalue weighted by Gasteiger charge is -2.23. The number of carboxylic acid groups (broad SMARTS) is 1. The van der Waals surface area contributed by atoms with Gasteiger partial charge in [0, 0.05) is 23.3 Å². The van der Waals surface area contributed by atoms with Gasteiger partial charge in [-0.2, -0.15) is 0 Å². The summed E-state index contributed by atoms with van der Waals surface area (Å²) in [5.41, 5.74) is 0.307. The number of hydrogen-bond acceptors (Lipinski definition) is 3. The number of likely N-dealkylation sites (tertiary alicyclic amines) is 1. The predicted molar refractivity (Wildman–Crippen MR) is 75.9 cm³/mol. The van der Waals surface area contributed by atoms with Crippen LogP contribution in [0.5, 0.6) is 0 Å². The van der Waals surface area contributed by atoms with Crippen molar-refractivity contribution < 1.29 is 14.7 Å². The van der Waals surface area contributed by atoms with Crippen molar-refractivity contribution in [3.63, 3.8) is 0 Å². The molecule has 5 nitrogen and oxygen atoms in total. The van der Waals surface area contributed by atoms with Gasteiger partial charge in [0.15, 0.2) is 0 Å². The summed E-state index contributed by atoms with van der Waals surface area (Å²) in [4.78, 5) is 29.1. The lowest BCUT2D eigenvalue weighted by atomic mass is 10.0. The summed E-state index contributed by atoms with van der Waals surface area (Å²) in [5, 5.41) is 9.08. The van der Waals surface area contributed by atoms with Crippen LogP contribution in [0.2, 0.25) is 0 Å². The normalized spacial score (nSPS) is 22.6. The first-order valence-corrected chi connectivity index (χ1v) is 7.35. The molecule has 0 bridgehead atoms. The molecule has 102 valence electrons. The number of carbonyl (C=O) groups is 2. The van der Waals surface area contributed by atoms with Gasteiger partial charge in [0.25, 0.3) is 5.91 Å². The number of amides is 1. The van der Waals surface area contributed by atoms with Crippen molar-refractivity contribution in [1.82, 2.24) is 9.88 Å². The highest BCUT2D eigenvalue weighted by atomic mass is 79.9. The number of hydrogen-bond donors (Lipinski definition) is 1. The Morgan fingerprint density at radius 1 is 1.47 bits per heavy atom. The molecule has 1 aliphatic rings. The number of pyridine rings is 1. The summed E-state index contributed by atoms with van der Waals surface area (Å²) >= 11 is 6.58. The van der Waals surface area contributed by atoms with Crippen molar-refractivity contribution in [2.75, 3.05) is 6.54 Å². The maximum atomic E-state index is 12.4. The molecule has 0 aliphatic carbocycles. The van der Waals surface area contributed by atoms with E-state index in [1.165, 1.54) is 0 Å². The van der Waals surface area contributed by atoms with E-state index in [0.717, 1.165) is 4.47 Å². The van der Waals surface area contributed by atoms with Crippen LogP contribution in [0.4, 0.5) is 0 Å². The molecule has 1 fully saturated rings. The topological polar surface area (TPSA) is 70.5 Å². The molecule has 1 aliphatic heterocycles. The van der Waals surface area contributed by atoms with Gasteiger partial charge in [-0.05, 0) is 51.3 Å². The molecule has 0 radical (unpaired) electrons. The van der Waals surface area contributed by atoms with E-state index >= 15 is 0 Å². The standard InChI is InChI=1S/C12H12Br2N2O3/c1-6-8(12(18)19)2-3-16(6)11(17)10-9(14)4-7(13)5-15-10/h4-6,8H,2-3H2,1H3,(H,18,19). The van der Waals surface area contributed by atoms with Gasteiger partial charge in [0.2, 0.25) is 0 Å². The highest BCUT2D eigenvalue weighted by Crippen LogP contribution is 2.28. The van der Waals surface area contributed by atoms with Crippen molar-refractivity contribution in [2.24, 2.45) is 5.92 Å². The lowest BCUT2D eigenvalue weighted by Crippen LogP contribution is -2.38. The lowest BCUT2D eigenvalue weighted by molar-refractivity contribution is -0.142. The van der Waals surface area contributed by atoms with Crippen molar-refractivity contribution in [2.45, 2.75) is 19.4 Å². The Balaban J connectivity index is 2.23. The van der Waals surface area contributed by atoms with E-state index in [1.54, 1.807) is 24.1 Å². The summed E-state index contributed by atoms with van der Waals surface area (Å²) < 4.78 is 1.37. The first kappa shape index (κ1) is 14.5. The Kier molecular flexibility index (Phi) is 4.25. The zero-order valence-corrected chi connectivity index (χ0v) is 13.3. The van der Waals surface area contributed by atoms with E-state index in [0.29, 0.717) is 23.1 Å². The number of carbonyl (C=O) groups excluding carboxylic acids is 1. The average Bonchev–Trinajstić information content (AvgIpc) is 2.70. The molecule has 1 aromatic heterocycles. The smallest absolute Gasteiger partial charge is 0.308 e. The van der Waals surface area contributed by atoms with Gasteiger partial charge in [-0.1, -0.05) is 0 Å². The van der Waals surface area contributed by atoms with Crippen LogP contribution in [0.15, 0.2) is 21.2 Å². The minimum atomic E-state index is -0.856. The van der Waals surface area contributed by atoms with Gasteiger partial charge < -0.3 is 10.0 Å². The first-order chi connectivity index (χ1) is 8.91. The Morgan fingerprint density at radius 2 is 2.16 bits per heavy atom. The molecule has 2 unspecified atom stereocenters. The molecule has 0 saturated carbocycles. The zero-order valence-electron chi connectivity index (χ0n) is 10.1. The van der Waals surface area contributed by atoms with Crippen LogP contribution in [0.25, 0.3) is 0 Å². The fourth-order valence-corrected chi connectivity index (χ4v) is 3.42. The molecule has 0 spiro atoms. The number of rotatable bonds is 2. The summed E-state index contributed by atoms with van der Waals surface area (Å²) in [7, 11) is 0. The van der Waals surface area contributed by atoms with Crippen LogP contribution in [0.1, 0.15) is 23.8 Å². The van der Waals surface area contributed by atoms with E-state index in [4.69, 9.17) is 5.11 Å². The maximum Gasteiger partial charge on any atom is 0.308 e. The van der Waals surface area contributed by atoms with Crippen LogP contribution in [-0.4, -0.2) is 39.5 Å². The minimum absolute atomic E-state index is 0.240. The summed E-state index contributed by atoms with van der Waals surface area (Å²) in [6, 6.07) is 1.43. The van der Waals surface area contributed by atoms with Crippen LogP contribution in [-0.2, 0) is 4.79 Å². The van der Waals surface area contributed by atoms with Gasteiger partial charge in [0.1, 0.15) is 5.69 Å². The average molecular weight is 392 g/mol. The number of aromatic nitrogens is 1. The number of halogens is 2. The SMILES string of the molecule is CC1C(C(=O)O)CCN1C(=O)c1ncc(Br)cc1Br. The highest BCUT2D eigenvalue weighted by Gasteiger charge is 2.39. The van der Waals surface area contributed by atoms with E-state index in [-0.39, 0.29) is 11.9 Å². The van der Waals surface area contributed by atoms with Crippen molar-refractivity contribution in [3.05, 3.63) is 26.9 Å². The molecule has 1 saturated heterocycles. The van der Waals surface area contributed by atoms with Gasteiger partial charge in [-0.25, -0.2) is 4.98 Å². The molecule has 7 heteroatoms. The molecule has 19 heavy (non-hydrogen) atoms. The molecule has 2 heterocycles. The van der Waals surface area contributed by atoms with Crippen LogP contribution >= 0.6 is 31.9 Å². The molecular formula is C12H12Br2N2O3. The number of carboxylic acids is 1. The summed E-state index contributed by atoms with van der Waals surface area (Å²) in [6.45, 7) is 2.21. The summed E-state index contributed by atoms with van der Waals surface area (Å²) in [5.74, 6) is -1.60. The third kappa shape index (κ3) is 2.81. The number of aliphatic carboxylic acids is 1. The zero-order chi connectivity index (χ0) is 14.2. The Hall–Kier alpha value is -0.950. The fraction of sp³-hybridized carbons (Fsp3) is 0.417. The van der Waals surface area contributed by atoms with Crippen LogP contribution in [0.3, 0.4) is 0 Å². The Bertz CT molecular complexity index is 536. The summed E-state index contributed by atoms with van der Waals surface area (Å²) in [6.07, 6.45) is 2.03. The second-order valence-corrected chi connectivity index (χ2v) is 6.23. The third-order valence-electron chi connectivity index (χ3n) is 3.34. The van der Waals surface area contributed by atoms with E-state index in [9.17, 15) is 9.59 Å². The van der Waals surface area contributed by atoms with Crippen LogP contribution in [0, 0.1) is 5.92 Å². The van der Waals surface area contributed by atoms with Gasteiger partial charge >= 0.3 is 5.97 Å². The third-order valence-corrected chi connectivity index (χ3v) is 4.38. The van der Waals surface area contributed by atoms with Crippen molar-refractivity contribution >= 4 is 43.7 Å². The van der Waals surface area contributed by atoms with E-state index in [1.807, 2.05) is 0 Å². The quantitative estimate of drug-likeness (QED) is 0.840. The molecule has 1 aromatic rings. The van der Waals surface area contributed by atoms with Crippen LogP contribution < -0.4 is 0 Å².